The van der Waals surface area contributed by atoms with Crippen LogP contribution in [-0.2, 0) is 10.2 Å². The first-order valence-corrected chi connectivity index (χ1v) is 8.09. The second-order valence-electron chi connectivity index (χ2n) is 6.11. The van der Waals surface area contributed by atoms with Gasteiger partial charge in [-0.15, -0.1) is 0 Å². The topological polar surface area (TPSA) is 32.3 Å². The molecule has 0 saturated carbocycles. The molecule has 1 amide bonds. The predicted octanol–water partition coefficient (Wildman–Crippen LogP) is 4.04. The highest BCUT2D eigenvalue weighted by Gasteiger charge is 2.38. The summed E-state index contributed by atoms with van der Waals surface area (Å²) in [4.78, 5) is 14.7. The minimum atomic E-state index is -0.289. The van der Waals surface area contributed by atoms with Crippen molar-refractivity contribution >= 4 is 28.8 Å². The predicted molar refractivity (Wildman–Crippen MR) is 105 cm³/mol. The van der Waals surface area contributed by atoms with Gasteiger partial charge in [-0.25, -0.2) is 0 Å². The summed E-state index contributed by atoms with van der Waals surface area (Å²) < 4.78 is 0. The maximum absolute atomic E-state index is 12.2. The third-order valence-electron chi connectivity index (χ3n) is 4.22. The molecule has 1 aromatic carbocycles. The van der Waals surface area contributed by atoms with Crippen LogP contribution in [0.5, 0.6) is 0 Å². The highest BCUT2D eigenvalue weighted by atomic mass is 32.1. The van der Waals surface area contributed by atoms with E-state index in [1.807, 2.05) is 25.3 Å². The molecule has 0 atom stereocenters. The Morgan fingerprint density at radius 1 is 1.29 bits per heavy atom. The lowest BCUT2D eigenvalue weighted by atomic mass is 9.84. The van der Waals surface area contributed by atoms with Crippen molar-refractivity contribution in [3.8, 4) is 0 Å². The number of carbonyl (C=O) groups is 1. The average molecular weight is 338 g/mol. The van der Waals surface area contributed by atoms with Crippen molar-refractivity contribution < 1.29 is 4.79 Å². The summed E-state index contributed by atoms with van der Waals surface area (Å²) >= 11 is 5.36. The molecule has 0 aromatic heterocycles. The Balaban J connectivity index is 2.27. The van der Waals surface area contributed by atoms with Gasteiger partial charge in [0.2, 0.25) is 0 Å². The fourth-order valence-corrected chi connectivity index (χ4v) is 3.17. The van der Waals surface area contributed by atoms with Crippen molar-refractivity contribution in [2.24, 2.45) is 0 Å². The quantitative estimate of drug-likeness (QED) is 0.511. The number of nitrogens with zero attached hydrogens (tertiary/aromatic N) is 1. The van der Waals surface area contributed by atoms with E-state index in [0.29, 0.717) is 10.6 Å². The Labute approximate surface area is 149 Å². The van der Waals surface area contributed by atoms with Gasteiger partial charge in [-0.1, -0.05) is 75.7 Å². The van der Waals surface area contributed by atoms with Crippen molar-refractivity contribution in [1.82, 2.24) is 5.32 Å². The molecule has 0 fully saturated rings. The van der Waals surface area contributed by atoms with Crippen molar-refractivity contribution in [3.63, 3.8) is 0 Å². The van der Waals surface area contributed by atoms with Gasteiger partial charge in [0.25, 0.3) is 5.91 Å². The molecule has 0 radical (unpaired) electrons. The fourth-order valence-electron chi connectivity index (χ4n) is 2.97. The summed E-state index contributed by atoms with van der Waals surface area (Å²) in [5.74, 6) is -0.289. The first-order chi connectivity index (χ1) is 11.3. The van der Waals surface area contributed by atoms with Crippen molar-refractivity contribution in [2.75, 3.05) is 11.9 Å². The van der Waals surface area contributed by atoms with Gasteiger partial charge in [-0.3, -0.25) is 4.79 Å². The first-order valence-electron chi connectivity index (χ1n) is 7.68. The van der Waals surface area contributed by atoms with Gasteiger partial charge < -0.3 is 10.2 Å². The summed E-state index contributed by atoms with van der Waals surface area (Å²) in [7, 11) is 2.01. The second-order valence-corrected chi connectivity index (χ2v) is 6.55. The van der Waals surface area contributed by atoms with Gasteiger partial charge in [0.15, 0.2) is 0 Å². The SMILES string of the molecule is C=C/C=C(\C=C)C(=O)NC(=S)/C=C1\N(C)c2ccccc2C1(C)C. The Bertz CT molecular complexity index is 772. The maximum Gasteiger partial charge on any atom is 0.256 e. The zero-order valence-corrected chi connectivity index (χ0v) is 15.1. The number of fused-ring (bicyclic) bond motifs is 1. The standard InChI is InChI=1S/C20H22N2OS/c1-6-10-14(7-2)19(23)21-18(24)13-17-20(3,4)15-11-8-9-12-16(15)22(17)5/h6-13H,1-2H2,3-5H3,(H,21,23,24)/b14-10+,17-13-. The number of hydrogen-bond donors (Lipinski definition) is 1. The molecule has 0 saturated heterocycles. The van der Waals surface area contributed by atoms with Gasteiger partial charge in [-0.05, 0) is 17.7 Å². The van der Waals surface area contributed by atoms with Crippen molar-refractivity contribution in [2.45, 2.75) is 19.3 Å². The van der Waals surface area contributed by atoms with Crippen LogP contribution in [0.2, 0.25) is 0 Å². The highest BCUT2D eigenvalue weighted by Crippen LogP contribution is 2.46. The van der Waals surface area contributed by atoms with Crippen LogP contribution in [-0.4, -0.2) is 17.9 Å². The minimum Gasteiger partial charge on any atom is -0.347 e. The third kappa shape index (κ3) is 3.24. The molecule has 124 valence electrons. The fraction of sp³-hybridized carbons (Fsp3) is 0.200. The minimum absolute atomic E-state index is 0.182. The molecule has 24 heavy (non-hydrogen) atoms. The van der Waals surface area contributed by atoms with E-state index >= 15 is 0 Å². The van der Waals surface area contributed by atoms with Gasteiger partial charge in [0.1, 0.15) is 4.99 Å². The number of para-hydroxylation sites is 1. The molecule has 2 rings (SSSR count). The molecule has 1 heterocycles. The van der Waals surface area contributed by atoms with Crippen LogP contribution in [0.15, 0.2) is 73.0 Å². The lowest BCUT2D eigenvalue weighted by Crippen LogP contribution is -2.31. The van der Waals surface area contributed by atoms with Gasteiger partial charge in [0, 0.05) is 29.4 Å². The summed E-state index contributed by atoms with van der Waals surface area (Å²) in [5.41, 5.74) is 3.68. The molecule has 0 unspecified atom stereocenters. The van der Waals surface area contributed by atoms with E-state index in [1.54, 1.807) is 12.2 Å². The smallest absolute Gasteiger partial charge is 0.256 e. The Morgan fingerprint density at radius 2 is 1.96 bits per heavy atom. The molecule has 0 aliphatic carbocycles. The van der Waals surface area contributed by atoms with E-state index in [0.717, 1.165) is 11.4 Å². The summed E-state index contributed by atoms with van der Waals surface area (Å²) in [6, 6.07) is 8.26. The molecule has 4 heteroatoms. The largest absolute Gasteiger partial charge is 0.347 e. The zero-order chi connectivity index (χ0) is 17.9. The Kier molecular flexibility index (Phi) is 5.20. The Morgan fingerprint density at radius 3 is 2.54 bits per heavy atom. The second kappa shape index (κ2) is 6.97. The van der Waals surface area contributed by atoms with Crippen molar-refractivity contribution in [3.05, 3.63) is 78.6 Å². The van der Waals surface area contributed by atoms with Crippen LogP contribution >= 0.6 is 12.2 Å². The number of amides is 1. The molecule has 0 bridgehead atoms. The van der Waals surface area contributed by atoms with Crippen LogP contribution in [0.4, 0.5) is 5.69 Å². The number of allylic oxidation sites excluding steroid dienone is 3. The zero-order valence-electron chi connectivity index (χ0n) is 14.3. The van der Waals surface area contributed by atoms with Crippen LogP contribution in [0.25, 0.3) is 0 Å². The van der Waals surface area contributed by atoms with E-state index < -0.39 is 0 Å². The Hall–Kier alpha value is -2.46. The molecule has 0 spiro atoms. The van der Waals surface area contributed by atoms with Gasteiger partial charge >= 0.3 is 0 Å². The van der Waals surface area contributed by atoms with E-state index in [1.165, 1.54) is 11.6 Å². The molecular formula is C20H22N2OS. The van der Waals surface area contributed by atoms with E-state index in [4.69, 9.17) is 12.2 Å². The molecule has 1 N–H and O–H groups in total. The monoisotopic (exact) mass is 338 g/mol. The number of thiocarbonyl (C=S) groups is 1. The molecule has 1 aliphatic heterocycles. The van der Waals surface area contributed by atoms with Crippen LogP contribution in [0.3, 0.4) is 0 Å². The molecule has 3 nitrogen and oxygen atoms in total. The highest BCUT2D eigenvalue weighted by molar-refractivity contribution is 7.80. The third-order valence-corrected chi connectivity index (χ3v) is 4.44. The van der Waals surface area contributed by atoms with Gasteiger partial charge in [0.05, 0.1) is 0 Å². The molecule has 1 aromatic rings. The van der Waals surface area contributed by atoms with Crippen molar-refractivity contribution in [1.29, 1.82) is 0 Å². The first kappa shape index (κ1) is 17.9. The number of rotatable bonds is 4. The normalized spacial score (nSPS) is 17.4. The summed E-state index contributed by atoms with van der Waals surface area (Å²) in [6.07, 6.45) is 6.47. The van der Waals surface area contributed by atoms with Gasteiger partial charge in [-0.2, -0.15) is 0 Å². The maximum atomic E-state index is 12.2. The van der Waals surface area contributed by atoms with Crippen LogP contribution in [0.1, 0.15) is 19.4 Å². The lowest BCUT2D eigenvalue weighted by Gasteiger charge is -2.24. The summed E-state index contributed by atoms with van der Waals surface area (Å²) in [5, 5.41) is 2.73. The number of hydrogen-bond acceptors (Lipinski definition) is 3. The number of nitrogens with one attached hydrogen (secondary N) is 1. The number of benzene rings is 1. The van der Waals surface area contributed by atoms with Crippen LogP contribution < -0.4 is 10.2 Å². The van der Waals surface area contributed by atoms with Crippen LogP contribution in [0, 0.1) is 0 Å². The molecular weight excluding hydrogens is 316 g/mol. The van der Waals surface area contributed by atoms with E-state index in [-0.39, 0.29) is 11.3 Å². The van der Waals surface area contributed by atoms with E-state index in [2.05, 4.69) is 49.4 Å². The van der Waals surface area contributed by atoms with E-state index in [9.17, 15) is 4.79 Å². The number of likely N-dealkylation sites (N-methyl/N-ethyl adjacent to an activating group) is 1. The number of anilines is 1. The number of carbonyl (C=O) groups excluding carboxylic acids is 1. The lowest BCUT2D eigenvalue weighted by molar-refractivity contribution is -0.115. The average Bonchev–Trinajstić information content (AvgIpc) is 2.74. The molecule has 1 aliphatic rings. The summed E-state index contributed by atoms with van der Waals surface area (Å²) in [6.45, 7) is 11.5.